The van der Waals surface area contributed by atoms with E-state index >= 15 is 0 Å². The van der Waals surface area contributed by atoms with Crippen molar-refractivity contribution in [1.29, 1.82) is 0 Å². The number of aromatic nitrogens is 2. The Morgan fingerprint density at radius 2 is 2.09 bits per heavy atom. The number of carbonyl (C=O) groups excluding carboxylic acids is 1. The Labute approximate surface area is 137 Å². The molecule has 0 saturated carbocycles. The third-order valence-corrected chi connectivity index (χ3v) is 4.80. The molecule has 1 aromatic rings. The maximum absolute atomic E-state index is 12.9. The zero-order valence-corrected chi connectivity index (χ0v) is 14.3. The zero-order valence-electron chi connectivity index (χ0n) is 14.3. The van der Waals surface area contributed by atoms with E-state index in [0.29, 0.717) is 6.54 Å². The fraction of sp³-hybridized carbons (Fsp3) is 0.706. The van der Waals surface area contributed by atoms with Crippen LogP contribution < -0.4 is 4.90 Å². The van der Waals surface area contributed by atoms with E-state index in [-0.39, 0.29) is 18.1 Å². The molecule has 0 bridgehead atoms. The molecule has 6 nitrogen and oxygen atoms in total. The van der Waals surface area contributed by atoms with Crippen molar-refractivity contribution in [2.75, 3.05) is 31.6 Å². The Balaban J connectivity index is 1.88. The molecule has 0 spiro atoms. The minimum Gasteiger partial charge on any atom is -0.380 e. The van der Waals surface area contributed by atoms with E-state index in [4.69, 9.17) is 4.74 Å². The fourth-order valence-corrected chi connectivity index (χ4v) is 3.52. The standard InChI is InChI=1S/C17H26N4O2/c1-4-15-18-12(2)9-16(19-15)21-11-13(23-3)10-14(21)17(22)20-7-5-6-8-20/h9,13-14H,4-8,10-11H2,1-3H3/t13-,14-/m0/s1. The number of amides is 1. The number of aryl methyl sites for hydroxylation is 2. The van der Waals surface area contributed by atoms with Gasteiger partial charge in [-0.2, -0.15) is 0 Å². The Morgan fingerprint density at radius 3 is 2.74 bits per heavy atom. The molecule has 1 amide bonds. The van der Waals surface area contributed by atoms with Gasteiger partial charge in [0.2, 0.25) is 5.91 Å². The molecule has 2 aliphatic heterocycles. The molecular formula is C17H26N4O2. The van der Waals surface area contributed by atoms with Crippen molar-refractivity contribution in [3.63, 3.8) is 0 Å². The summed E-state index contributed by atoms with van der Waals surface area (Å²) < 4.78 is 5.54. The van der Waals surface area contributed by atoms with Gasteiger partial charge < -0.3 is 14.5 Å². The van der Waals surface area contributed by atoms with Gasteiger partial charge in [-0.3, -0.25) is 4.79 Å². The van der Waals surface area contributed by atoms with Gasteiger partial charge in [0.15, 0.2) is 0 Å². The van der Waals surface area contributed by atoms with Gasteiger partial charge in [-0.1, -0.05) is 6.92 Å². The molecule has 0 aromatic carbocycles. The fourth-order valence-electron chi connectivity index (χ4n) is 3.52. The molecule has 2 aliphatic rings. The van der Waals surface area contributed by atoms with Crippen LogP contribution >= 0.6 is 0 Å². The van der Waals surface area contributed by atoms with Gasteiger partial charge in [-0.15, -0.1) is 0 Å². The third-order valence-electron chi connectivity index (χ3n) is 4.80. The first-order valence-corrected chi connectivity index (χ1v) is 8.55. The number of rotatable bonds is 4. The van der Waals surface area contributed by atoms with E-state index in [1.54, 1.807) is 7.11 Å². The first kappa shape index (κ1) is 16.2. The summed E-state index contributed by atoms with van der Waals surface area (Å²) in [7, 11) is 1.72. The van der Waals surface area contributed by atoms with Gasteiger partial charge in [0.1, 0.15) is 17.7 Å². The van der Waals surface area contributed by atoms with E-state index in [1.807, 2.05) is 24.8 Å². The maximum Gasteiger partial charge on any atom is 0.245 e. The Bertz CT molecular complexity index is 572. The van der Waals surface area contributed by atoms with Crippen molar-refractivity contribution in [3.8, 4) is 0 Å². The monoisotopic (exact) mass is 318 g/mol. The molecule has 1 aromatic heterocycles. The van der Waals surface area contributed by atoms with Gasteiger partial charge in [-0.25, -0.2) is 9.97 Å². The number of nitrogens with zero attached hydrogens (tertiary/aromatic N) is 4. The number of carbonyl (C=O) groups is 1. The Kier molecular flexibility index (Phi) is 4.80. The lowest BCUT2D eigenvalue weighted by Crippen LogP contribution is -2.45. The lowest BCUT2D eigenvalue weighted by atomic mass is 10.1. The van der Waals surface area contributed by atoms with Crippen molar-refractivity contribution in [1.82, 2.24) is 14.9 Å². The summed E-state index contributed by atoms with van der Waals surface area (Å²) in [5.74, 6) is 1.90. The third kappa shape index (κ3) is 3.32. The number of hydrogen-bond donors (Lipinski definition) is 0. The number of methoxy groups -OCH3 is 1. The smallest absolute Gasteiger partial charge is 0.245 e. The largest absolute Gasteiger partial charge is 0.380 e. The highest BCUT2D eigenvalue weighted by molar-refractivity contribution is 5.86. The predicted octanol–water partition coefficient (Wildman–Crippen LogP) is 1.56. The van der Waals surface area contributed by atoms with Gasteiger partial charge >= 0.3 is 0 Å². The summed E-state index contributed by atoms with van der Waals surface area (Å²) in [5, 5.41) is 0. The van der Waals surface area contributed by atoms with Crippen molar-refractivity contribution >= 4 is 11.7 Å². The molecule has 126 valence electrons. The van der Waals surface area contributed by atoms with Crippen LogP contribution in [0.2, 0.25) is 0 Å². The molecule has 2 fully saturated rings. The van der Waals surface area contributed by atoms with Crippen LogP contribution in [-0.2, 0) is 16.0 Å². The van der Waals surface area contributed by atoms with E-state index in [9.17, 15) is 4.79 Å². The summed E-state index contributed by atoms with van der Waals surface area (Å²) >= 11 is 0. The Hall–Kier alpha value is -1.69. The summed E-state index contributed by atoms with van der Waals surface area (Å²) in [4.78, 5) is 26.1. The minimum atomic E-state index is -0.169. The molecule has 0 aliphatic carbocycles. The van der Waals surface area contributed by atoms with Crippen LogP contribution in [0.25, 0.3) is 0 Å². The number of anilines is 1. The van der Waals surface area contributed by atoms with Crippen LogP contribution in [0.4, 0.5) is 5.82 Å². The second-order valence-corrected chi connectivity index (χ2v) is 6.43. The summed E-state index contributed by atoms with van der Waals surface area (Å²) in [6.07, 6.45) is 3.82. The van der Waals surface area contributed by atoms with Crippen molar-refractivity contribution in [2.24, 2.45) is 0 Å². The van der Waals surface area contributed by atoms with Crippen LogP contribution in [-0.4, -0.2) is 59.7 Å². The van der Waals surface area contributed by atoms with E-state index in [0.717, 1.165) is 56.1 Å². The van der Waals surface area contributed by atoms with Crippen LogP contribution in [0.15, 0.2) is 6.07 Å². The average molecular weight is 318 g/mol. The van der Waals surface area contributed by atoms with Crippen LogP contribution in [0.1, 0.15) is 37.7 Å². The van der Waals surface area contributed by atoms with E-state index in [1.165, 1.54) is 0 Å². The molecule has 2 saturated heterocycles. The van der Waals surface area contributed by atoms with E-state index < -0.39 is 0 Å². The normalized spacial score (nSPS) is 24.5. The number of hydrogen-bond acceptors (Lipinski definition) is 5. The Morgan fingerprint density at radius 1 is 1.35 bits per heavy atom. The van der Waals surface area contributed by atoms with Gasteiger partial charge in [0.25, 0.3) is 0 Å². The molecular weight excluding hydrogens is 292 g/mol. The topological polar surface area (TPSA) is 58.6 Å². The second-order valence-electron chi connectivity index (χ2n) is 6.43. The number of likely N-dealkylation sites (tertiary alicyclic amines) is 1. The average Bonchev–Trinajstić information content (AvgIpc) is 3.23. The highest BCUT2D eigenvalue weighted by atomic mass is 16.5. The first-order valence-electron chi connectivity index (χ1n) is 8.55. The SMILES string of the molecule is CCc1nc(C)cc(N2C[C@@H](OC)C[C@H]2C(=O)N2CCCC2)n1. The van der Waals surface area contributed by atoms with Crippen molar-refractivity contribution in [3.05, 3.63) is 17.6 Å². The molecule has 3 heterocycles. The van der Waals surface area contributed by atoms with Gasteiger partial charge in [-0.05, 0) is 19.8 Å². The minimum absolute atomic E-state index is 0.0758. The maximum atomic E-state index is 12.9. The predicted molar refractivity (Wildman–Crippen MR) is 88.5 cm³/mol. The molecule has 0 radical (unpaired) electrons. The quantitative estimate of drug-likeness (QED) is 0.843. The molecule has 3 rings (SSSR count). The van der Waals surface area contributed by atoms with E-state index in [2.05, 4.69) is 14.9 Å². The summed E-state index contributed by atoms with van der Waals surface area (Å²) in [6, 6.07) is 1.80. The van der Waals surface area contributed by atoms with Gasteiger partial charge in [0.05, 0.1) is 6.10 Å². The second kappa shape index (κ2) is 6.83. The van der Waals surface area contributed by atoms with Gasteiger partial charge in [0, 0.05) is 51.3 Å². The first-order chi connectivity index (χ1) is 11.1. The summed E-state index contributed by atoms with van der Waals surface area (Å²) in [6.45, 7) is 6.49. The molecule has 6 heteroatoms. The molecule has 2 atom stereocenters. The molecule has 23 heavy (non-hydrogen) atoms. The lowest BCUT2D eigenvalue weighted by Gasteiger charge is -2.28. The van der Waals surface area contributed by atoms with Crippen molar-refractivity contribution < 1.29 is 9.53 Å². The lowest BCUT2D eigenvalue weighted by molar-refractivity contribution is -0.131. The number of ether oxygens (including phenoxy) is 1. The highest BCUT2D eigenvalue weighted by Crippen LogP contribution is 2.28. The highest BCUT2D eigenvalue weighted by Gasteiger charge is 2.40. The van der Waals surface area contributed by atoms with Crippen molar-refractivity contribution in [2.45, 2.75) is 51.7 Å². The zero-order chi connectivity index (χ0) is 16.4. The molecule has 0 unspecified atom stereocenters. The van der Waals surface area contributed by atoms with Crippen LogP contribution in [0.5, 0.6) is 0 Å². The molecule has 0 N–H and O–H groups in total. The van der Waals surface area contributed by atoms with Crippen LogP contribution in [0.3, 0.4) is 0 Å². The van der Waals surface area contributed by atoms with Crippen LogP contribution in [0, 0.1) is 6.92 Å². The summed E-state index contributed by atoms with van der Waals surface area (Å²) in [5.41, 5.74) is 0.945.